The molecule has 8 heavy (non-hydrogen) atoms. The number of hydrogen-bond donors (Lipinski definition) is 2. The Morgan fingerprint density at radius 1 is 0.875 bits per heavy atom. The monoisotopic (exact) mass is 574 g/mol. The van der Waals surface area contributed by atoms with Gasteiger partial charge in [0, 0.05) is 0 Å². The van der Waals surface area contributed by atoms with E-state index in [1.165, 1.54) is 0 Å². The molecule has 0 spiro atoms. The quantitative estimate of drug-likeness (QED) is 0.439. The molecular weight excluding hydrogens is 568 g/mol. The predicted octanol–water partition coefficient (Wildman–Crippen LogP) is 2.69. The standard InChI is InChI=1S/CH2O3.4HI/c2-1(3)4;;;;/h(H2,2,3,4);4*1H. The van der Waals surface area contributed by atoms with Crippen LogP contribution in [0.25, 0.3) is 0 Å². The van der Waals surface area contributed by atoms with Crippen LogP contribution in [0.3, 0.4) is 0 Å². The second-order valence-corrected chi connectivity index (χ2v) is 0.283. The van der Waals surface area contributed by atoms with Crippen molar-refractivity contribution in [2.24, 2.45) is 0 Å². The molecule has 0 aliphatic heterocycles. The van der Waals surface area contributed by atoms with Gasteiger partial charge < -0.3 is 10.2 Å². The van der Waals surface area contributed by atoms with Crippen molar-refractivity contribution in [3.63, 3.8) is 0 Å². The van der Waals surface area contributed by atoms with Crippen molar-refractivity contribution >= 4 is 102 Å². The van der Waals surface area contributed by atoms with Crippen molar-refractivity contribution in [2.45, 2.75) is 0 Å². The first kappa shape index (κ1) is 31.9. The topological polar surface area (TPSA) is 57.5 Å². The van der Waals surface area contributed by atoms with Crippen molar-refractivity contribution < 1.29 is 15.0 Å². The van der Waals surface area contributed by atoms with Crippen molar-refractivity contribution in [1.29, 1.82) is 0 Å². The van der Waals surface area contributed by atoms with Gasteiger partial charge in [-0.3, -0.25) is 0 Å². The lowest BCUT2D eigenvalue weighted by molar-refractivity contribution is 0.137. The van der Waals surface area contributed by atoms with Crippen LogP contribution >= 0.6 is 95.9 Å². The maximum Gasteiger partial charge on any atom is 0.503 e. The second-order valence-electron chi connectivity index (χ2n) is 0.283. The normalized spacial score (nSPS) is 3.00. The third-order valence-electron chi connectivity index (χ3n) is 0. The highest BCUT2D eigenvalue weighted by atomic mass is 127. The van der Waals surface area contributed by atoms with Crippen LogP contribution in [0.15, 0.2) is 0 Å². The smallest absolute Gasteiger partial charge is 0.450 e. The van der Waals surface area contributed by atoms with Crippen LogP contribution < -0.4 is 0 Å². The lowest BCUT2D eigenvalue weighted by Gasteiger charge is -1.60. The molecule has 0 aromatic heterocycles. The molecule has 0 radical (unpaired) electrons. The van der Waals surface area contributed by atoms with Gasteiger partial charge in [0.05, 0.1) is 0 Å². The molecular formula is CH6I4O3. The van der Waals surface area contributed by atoms with Gasteiger partial charge in [-0.25, -0.2) is 4.79 Å². The summed E-state index contributed by atoms with van der Waals surface area (Å²) in [7, 11) is 0. The Morgan fingerprint density at radius 2 is 0.875 bits per heavy atom. The molecule has 0 bridgehead atoms. The molecule has 56 valence electrons. The summed E-state index contributed by atoms with van der Waals surface area (Å²) in [6, 6.07) is 0. The van der Waals surface area contributed by atoms with E-state index in [-0.39, 0.29) is 95.9 Å². The highest BCUT2D eigenvalue weighted by molar-refractivity contribution is 14.0. The SMILES string of the molecule is I.I.I.I.O=C(O)O. The zero-order valence-electron chi connectivity index (χ0n) is 3.44. The van der Waals surface area contributed by atoms with E-state index < -0.39 is 6.16 Å². The molecule has 0 aliphatic carbocycles. The largest absolute Gasteiger partial charge is 0.503 e. The molecule has 0 aromatic carbocycles. The van der Waals surface area contributed by atoms with Crippen LogP contribution in [0.2, 0.25) is 0 Å². The lowest BCUT2D eigenvalue weighted by Crippen LogP contribution is -1.81. The molecule has 0 fully saturated rings. The number of hydrogen-bond acceptors (Lipinski definition) is 1. The molecule has 0 aromatic rings. The van der Waals surface area contributed by atoms with Crippen LogP contribution in [-0.4, -0.2) is 16.4 Å². The summed E-state index contributed by atoms with van der Waals surface area (Å²) in [6.07, 6.45) is -1.83. The highest BCUT2D eigenvalue weighted by Crippen LogP contribution is 1.42. The summed E-state index contributed by atoms with van der Waals surface area (Å²) in [5.74, 6) is 0. The zero-order valence-corrected chi connectivity index (χ0v) is 12.8. The van der Waals surface area contributed by atoms with E-state index in [0.29, 0.717) is 0 Å². The summed E-state index contributed by atoms with van der Waals surface area (Å²) in [6.45, 7) is 0. The average molecular weight is 574 g/mol. The second kappa shape index (κ2) is 22.9. The predicted molar refractivity (Wildman–Crippen MR) is 72.3 cm³/mol. The van der Waals surface area contributed by atoms with E-state index in [1.807, 2.05) is 0 Å². The number of halogens is 4. The number of carboxylic acid groups (broad SMARTS) is 2. The molecule has 0 atom stereocenters. The first-order valence-electron chi connectivity index (χ1n) is 0.651. The average Bonchev–Trinajstić information content (AvgIpc) is 0.811. The molecule has 0 heterocycles. The van der Waals surface area contributed by atoms with Crippen molar-refractivity contribution in [3.05, 3.63) is 0 Å². The van der Waals surface area contributed by atoms with Gasteiger partial charge in [0.15, 0.2) is 0 Å². The Bertz CT molecular complexity index is 34.3. The third kappa shape index (κ3) is 88.3. The molecule has 3 nitrogen and oxygen atoms in total. The van der Waals surface area contributed by atoms with Gasteiger partial charge in [0.25, 0.3) is 0 Å². The van der Waals surface area contributed by atoms with Crippen LogP contribution in [0, 0.1) is 0 Å². The van der Waals surface area contributed by atoms with Gasteiger partial charge in [-0.1, -0.05) is 0 Å². The van der Waals surface area contributed by atoms with Crippen LogP contribution in [0.5, 0.6) is 0 Å². The summed E-state index contributed by atoms with van der Waals surface area (Å²) in [5, 5.41) is 13.9. The van der Waals surface area contributed by atoms with E-state index in [1.54, 1.807) is 0 Å². The van der Waals surface area contributed by atoms with Crippen LogP contribution in [0.1, 0.15) is 0 Å². The molecule has 0 unspecified atom stereocenters. The van der Waals surface area contributed by atoms with Crippen molar-refractivity contribution in [1.82, 2.24) is 0 Å². The van der Waals surface area contributed by atoms with Gasteiger partial charge in [0.2, 0.25) is 0 Å². The number of carbonyl (C=O) groups is 1. The summed E-state index contributed by atoms with van der Waals surface area (Å²) in [5.41, 5.74) is 0. The van der Waals surface area contributed by atoms with Crippen molar-refractivity contribution in [2.75, 3.05) is 0 Å². The molecule has 7 heteroatoms. The minimum atomic E-state index is -1.83. The van der Waals surface area contributed by atoms with Crippen molar-refractivity contribution in [3.8, 4) is 0 Å². The Kier molecular flexibility index (Phi) is 91.4. The van der Waals surface area contributed by atoms with Crippen LogP contribution in [0.4, 0.5) is 4.79 Å². The van der Waals surface area contributed by atoms with Gasteiger partial charge in [0.1, 0.15) is 0 Å². The van der Waals surface area contributed by atoms with Gasteiger partial charge in [-0.2, -0.15) is 0 Å². The number of rotatable bonds is 0. The van der Waals surface area contributed by atoms with Crippen LogP contribution in [-0.2, 0) is 0 Å². The van der Waals surface area contributed by atoms with E-state index in [4.69, 9.17) is 15.0 Å². The Hall–Kier alpha value is 2.19. The van der Waals surface area contributed by atoms with Gasteiger partial charge >= 0.3 is 6.16 Å². The first-order valence-corrected chi connectivity index (χ1v) is 0.651. The maximum atomic E-state index is 8.56. The Balaban J connectivity index is -0.00000000750. The molecule has 0 saturated carbocycles. The lowest BCUT2D eigenvalue weighted by atomic mass is 11.5. The fourth-order valence-electron chi connectivity index (χ4n) is 0. The summed E-state index contributed by atoms with van der Waals surface area (Å²) in [4.78, 5) is 8.56. The maximum absolute atomic E-state index is 8.56. The van der Waals surface area contributed by atoms with E-state index in [2.05, 4.69) is 0 Å². The Labute approximate surface area is 115 Å². The van der Waals surface area contributed by atoms with E-state index >= 15 is 0 Å². The molecule has 0 saturated heterocycles. The molecule has 0 amide bonds. The molecule has 2 N–H and O–H groups in total. The van der Waals surface area contributed by atoms with E-state index in [9.17, 15) is 0 Å². The Morgan fingerprint density at radius 3 is 0.875 bits per heavy atom. The summed E-state index contributed by atoms with van der Waals surface area (Å²) < 4.78 is 0. The molecule has 0 rings (SSSR count). The minimum Gasteiger partial charge on any atom is -0.450 e. The summed E-state index contributed by atoms with van der Waals surface area (Å²) >= 11 is 0. The fourth-order valence-corrected chi connectivity index (χ4v) is 0. The fraction of sp³-hybridized carbons (Fsp3) is 0. The highest BCUT2D eigenvalue weighted by Gasteiger charge is 1.70. The molecule has 0 aliphatic rings. The third-order valence-corrected chi connectivity index (χ3v) is 0. The van der Waals surface area contributed by atoms with Gasteiger partial charge in [-0.15, -0.1) is 95.9 Å². The van der Waals surface area contributed by atoms with E-state index in [0.717, 1.165) is 0 Å². The van der Waals surface area contributed by atoms with Gasteiger partial charge in [-0.05, 0) is 0 Å². The zero-order chi connectivity index (χ0) is 3.58. The minimum absolute atomic E-state index is 0. The first-order chi connectivity index (χ1) is 1.73.